The highest BCUT2D eigenvalue weighted by Gasteiger charge is 2.19. The zero-order valence-corrected chi connectivity index (χ0v) is 13.0. The molecule has 1 aromatic rings. The van der Waals surface area contributed by atoms with Gasteiger partial charge in [0.25, 0.3) is 5.91 Å². The van der Waals surface area contributed by atoms with Gasteiger partial charge in [0, 0.05) is 13.6 Å². The lowest BCUT2D eigenvalue weighted by Crippen LogP contribution is -2.31. The summed E-state index contributed by atoms with van der Waals surface area (Å²) < 4.78 is 7.33. The van der Waals surface area contributed by atoms with Crippen LogP contribution in [0.1, 0.15) is 55.2 Å². The van der Waals surface area contributed by atoms with Crippen molar-refractivity contribution in [3.05, 3.63) is 11.4 Å². The van der Waals surface area contributed by atoms with E-state index in [9.17, 15) is 4.79 Å². The van der Waals surface area contributed by atoms with E-state index in [1.54, 1.807) is 11.7 Å². The average molecular weight is 294 g/mol. The standard InChI is InChI=1S/C15H26N4O2/c1-3-12-13(16)14(19(2)18-12)15(20)17-9-10-21-11-7-5-4-6-8-11/h11H,3-10,16H2,1-2H3,(H,17,20). The quantitative estimate of drug-likeness (QED) is 0.781. The SMILES string of the molecule is CCc1nn(C)c(C(=O)NCCOC2CCCCC2)c1N. The molecule has 3 N–H and O–H groups in total. The minimum atomic E-state index is -0.186. The van der Waals surface area contributed by atoms with Crippen LogP contribution >= 0.6 is 0 Å². The van der Waals surface area contributed by atoms with Crippen LogP contribution in [0.3, 0.4) is 0 Å². The number of carbonyl (C=O) groups is 1. The van der Waals surface area contributed by atoms with Crippen molar-refractivity contribution in [1.82, 2.24) is 15.1 Å². The number of hydrogen-bond acceptors (Lipinski definition) is 4. The van der Waals surface area contributed by atoms with E-state index in [1.165, 1.54) is 19.3 Å². The summed E-state index contributed by atoms with van der Waals surface area (Å²) in [7, 11) is 1.74. The number of nitrogens with two attached hydrogens (primary N) is 1. The molecule has 1 heterocycles. The Morgan fingerprint density at radius 2 is 2.14 bits per heavy atom. The number of nitrogens with zero attached hydrogens (tertiary/aromatic N) is 2. The summed E-state index contributed by atoms with van der Waals surface area (Å²) in [6, 6.07) is 0. The van der Waals surface area contributed by atoms with Crippen LogP contribution in [-0.2, 0) is 18.2 Å². The van der Waals surface area contributed by atoms with Crippen LogP contribution in [-0.4, -0.2) is 34.9 Å². The number of aryl methyl sites for hydroxylation is 2. The van der Waals surface area contributed by atoms with E-state index in [2.05, 4.69) is 10.4 Å². The van der Waals surface area contributed by atoms with Crippen LogP contribution in [0.15, 0.2) is 0 Å². The maximum absolute atomic E-state index is 12.2. The van der Waals surface area contributed by atoms with Gasteiger partial charge in [-0.25, -0.2) is 0 Å². The van der Waals surface area contributed by atoms with Gasteiger partial charge < -0.3 is 15.8 Å². The number of ether oxygens (including phenoxy) is 1. The number of carbonyl (C=O) groups excluding carboxylic acids is 1. The summed E-state index contributed by atoms with van der Waals surface area (Å²) in [5.74, 6) is -0.186. The number of nitrogens with one attached hydrogen (secondary N) is 1. The molecule has 2 rings (SSSR count). The first-order chi connectivity index (χ1) is 10.1. The van der Waals surface area contributed by atoms with E-state index in [0.717, 1.165) is 25.0 Å². The summed E-state index contributed by atoms with van der Waals surface area (Å²) >= 11 is 0. The number of nitrogen functional groups attached to an aromatic ring is 1. The lowest BCUT2D eigenvalue weighted by atomic mass is 9.98. The van der Waals surface area contributed by atoms with Crippen molar-refractivity contribution >= 4 is 11.6 Å². The van der Waals surface area contributed by atoms with E-state index in [4.69, 9.17) is 10.5 Å². The van der Waals surface area contributed by atoms with Crippen molar-refractivity contribution in [2.75, 3.05) is 18.9 Å². The van der Waals surface area contributed by atoms with Crippen molar-refractivity contribution in [3.63, 3.8) is 0 Å². The Morgan fingerprint density at radius 1 is 1.43 bits per heavy atom. The molecule has 21 heavy (non-hydrogen) atoms. The molecule has 118 valence electrons. The summed E-state index contributed by atoms with van der Waals surface area (Å²) in [4.78, 5) is 12.2. The van der Waals surface area contributed by atoms with Gasteiger partial charge in [-0.2, -0.15) is 5.10 Å². The van der Waals surface area contributed by atoms with Crippen molar-refractivity contribution in [3.8, 4) is 0 Å². The van der Waals surface area contributed by atoms with Crippen molar-refractivity contribution in [1.29, 1.82) is 0 Å². The van der Waals surface area contributed by atoms with Gasteiger partial charge in [-0.05, 0) is 19.3 Å². The van der Waals surface area contributed by atoms with Gasteiger partial charge in [0.1, 0.15) is 5.69 Å². The minimum Gasteiger partial charge on any atom is -0.395 e. The van der Waals surface area contributed by atoms with Crippen LogP contribution in [0.4, 0.5) is 5.69 Å². The number of rotatable bonds is 6. The maximum atomic E-state index is 12.2. The molecule has 0 atom stereocenters. The molecule has 0 aromatic carbocycles. The van der Waals surface area contributed by atoms with E-state index in [-0.39, 0.29) is 5.91 Å². The fraction of sp³-hybridized carbons (Fsp3) is 0.733. The molecule has 0 spiro atoms. The van der Waals surface area contributed by atoms with Crippen molar-refractivity contribution in [2.45, 2.75) is 51.6 Å². The number of amides is 1. The van der Waals surface area contributed by atoms with E-state index in [1.807, 2.05) is 6.92 Å². The molecule has 1 saturated carbocycles. The Kier molecular flexibility index (Phi) is 5.61. The van der Waals surface area contributed by atoms with E-state index < -0.39 is 0 Å². The Balaban J connectivity index is 1.78. The number of hydrogen-bond donors (Lipinski definition) is 2. The normalized spacial score (nSPS) is 16.1. The molecule has 1 aliphatic carbocycles. The molecule has 6 nitrogen and oxygen atoms in total. The van der Waals surface area contributed by atoms with Crippen LogP contribution < -0.4 is 11.1 Å². The maximum Gasteiger partial charge on any atom is 0.271 e. The summed E-state index contributed by atoms with van der Waals surface area (Å²) in [6.07, 6.45) is 7.19. The Morgan fingerprint density at radius 3 is 2.76 bits per heavy atom. The highest BCUT2D eigenvalue weighted by atomic mass is 16.5. The molecule has 0 saturated heterocycles. The predicted octanol–water partition coefficient (Wildman–Crippen LogP) is 1.64. The highest BCUT2D eigenvalue weighted by Crippen LogP contribution is 2.20. The first-order valence-electron chi connectivity index (χ1n) is 7.84. The summed E-state index contributed by atoms with van der Waals surface area (Å²) in [5.41, 5.74) is 7.64. The monoisotopic (exact) mass is 294 g/mol. The lowest BCUT2D eigenvalue weighted by Gasteiger charge is -2.22. The fourth-order valence-electron chi connectivity index (χ4n) is 2.83. The van der Waals surface area contributed by atoms with Gasteiger partial charge in [0.2, 0.25) is 0 Å². The zero-order chi connectivity index (χ0) is 15.2. The van der Waals surface area contributed by atoms with Crippen molar-refractivity contribution in [2.24, 2.45) is 7.05 Å². The van der Waals surface area contributed by atoms with Gasteiger partial charge in [-0.1, -0.05) is 26.2 Å². The van der Waals surface area contributed by atoms with Crippen LogP contribution in [0.5, 0.6) is 0 Å². The predicted molar refractivity (Wildman–Crippen MR) is 82.2 cm³/mol. The smallest absolute Gasteiger partial charge is 0.271 e. The largest absolute Gasteiger partial charge is 0.395 e. The van der Waals surface area contributed by atoms with Crippen LogP contribution in [0.25, 0.3) is 0 Å². The van der Waals surface area contributed by atoms with E-state index in [0.29, 0.717) is 30.6 Å². The minimum absolute atomic E-state index is 0.186. The van der Waals surface area contributed by atoms with Gasteiger partial charge in [-0.15, -0.1) is 0 Å². The highest BCUT2D eigenvalue weighted by molar-refractivity contribution is 5.97. The number of aromatic nitrogens is 2. The molecule has 1 amide bonds. The summed E-state index contributed by atoms with van der Waals surface area (Å²) in [5, 5.41) is 7.10. The van der Waals surface area contributed by atoms with E-state index >= 15 is 0 Å². The Hall–Kier alpha value is -1.56. The third-order valence-corrected chi connectivity index (χ3v) is 4.00. The second kappa shape index (κ2) is 7.45. The molecular weight excluding hydrogens is 268 g/mol. The molecule has 0 unspecified atom stereocenters. The summed E-state index contributed by atoms with van der Waals surface area (Å²) in [6.45, 7) is 3.02. The first kappa shape index (κ1) is 15.8. The number of anilines is 1. The molecule has 0 aliphatic heterocycles. The Bertz CT molecular complexity index is 478. The third kappa shape index (κ3) is 3.97. The van der Waals surface area contributed by atoms with Crippen molar-refractivity contribution < 1.29 is 9.53 Å². The van der Waals surface area contributed by atoms with Gasteiger partial charge >= 0.3 is 0 Å². The van der Waals surface area contributed by atoms with Crippen LogP contribution in [0, 0.1) is 0 Å². The average Bonchev–Trinajstić information content (AvgIpc) is 2.79. The Labute approximate surface area is 126 Å². The van der Waals surface area contributed by atoms with Gasteiger partial charge in [0.15, 0.2) is 0 Å². The van der Waals surface area contributed by atoms with Crippen LogP contribution in [0.2, 0.25) is 0 Å². The zero-order valence-electron chi connectivity index (χ0n) is 13.0. The third-order valence-electron chi connectivity index (χ3n) is 4.00. The lowest BCUT2D eigenvalue weighted by molar-refractivity contribution is 0.0299. The molecule has 6 heteroatoms. The molecular formula is C15H26N4O2. The first-order valence-corrected chi connectivity index (χ1v) is 7.84. The van der Waals surface area contributed by atoms with Gasteiger partial charge in [-0.3, -0.25) is 9.48 Å². The molecule has 0 bridgehead atoms. The molecule has 1 aliphatic rings. The topological polar surface area (TPSA) is 82.2 Å². The second-order valence-electron chi connectivity index (χ2n) is 5.57. The second-order valence-corrected chi connectivity index (χ2v) is 5.57. The fourth-order valence-corrected chi connectivity index (χ4v) is 2.83. The molecule has 1 aromatic heterocycles. The molecule has 0 radical (unpaired) electrons. The molecule has 1 fully saturated rings. The van der Waals surface area contributed by atoms with Gasteiger partial charge in [0.05, 0.1) is 24.1 Å².